The molecule has 0 saturated carbocycles. The standard InChI is InChI=1S/C57H126P2Si12.Ge/c1-60(2,3)52(61(4,5)6)44-40-46(54(64(13,14)15)65(16,17)18)50(47(41-44)55(66(19,20)21)67(22,23)24)58-38-37-39-59-51-48(56(68(25,26)27)69(28,29)30)42-45(53(62(7,8)9)63(10,11)12)43-49(51)57(70(31,32)33)71(34,35)36;/h40-43,52-59H,37-39H2,1-36H3;. The maximum atomic E-state index is 2.97. The van der Waals surface area contributed by atoms with Crippen molar-refractivity contribution >= 4 is 142 Å². The molecule has 0 aliphatic heterocycles. The fraction of sp³-hybridized carbons (Fsp3) is 0.789. The molecule has 0 spiro atoms. The Labute approximate surface area is 480 Å². The first kappa shape index (κ1) is 72.5. The second-order valence-electron chi connectivity index (χ2n) is 36.3. The van der Waals surface area contributed by atoms with Crippen molar-refractivity contribution in [1.82, 2.24) is 0 Å². The van der Waals surface area contributed by atoms with Gasteiger partial charge in [-0.2, -0.15) is 0 Å². The zero-order chi connectivity index (χ0) is 56.4. The summed E-state index contributed by atoms with van der Waals surface area (Å²) in [6, 6.07) is 11.9. The van der Waals surface area contributed by atoms with Crippen molar-refractivity contribution in [3.05, 3.63) is 57.6 Å². The van der Waals surface area contributed by atoms with Gasteiger partial charge in [0.25, 0.3) is 0 Å². The fourth-order valence-electron chi connectivity index (χ4n) is 17.1. The first-order valence-electron chi connectivity index (χ1n) is 28.7. The maximum Gasteiger partial charge on any atom is 0.0493 e. The van der Waals surface area contributed by atoms with Crippen molar-refractivity contribution in [3.63, 3.8) is 0 Å². The van der Waals surface area contributed by atoms with Crippen LogP contribution in [0, 0.1) is 0 Å². The Morgan fingerprint density at radius 2 is 0.389 bits per heavy atom. The fourth-order valence-corrected chi connectivity index (χ4v) is 97.8. The molecule has 0 heterocycles. The average Bonchev–Trinajstić information content (AvgIpc) is 2.98. The van der Waals surface area contributed by atoms with Crippen LogP contribution in [0.1, 0.15) is 70.8 Å². The molecule has 0 saturated heterocycles. The molecule has 15 heteroatoms. The van der Waals surface area contributed by atoms with E-state index in [1.807, 2.05) is 32.9 Å². The molecule has 0 bridgehead atoms. The number of hydrogen-bond donors (Lipinski definition) is 0. The van der Waals surface area contributed by atoms with E-state index in [1.165, 1.54) is 18.7 Å². The van der Waals surface area contributed by atoms with Gasteiger partial charge >= 0.3 is 0 Å². The first-order valence-corrected chi connectivity index (χ1v) is 74.1. The number of hydrogen-bond acceptors (Lipinski definition) is 0. The van der Waals surface area contributed by atoms with Crippen LogP contribution in [-0.4, -0.2) is 127 Å². The summed E-state index contributed by atoms with van der Waals surface area (Å²) < 4.78 is 0. The van der Waals surface area contributed by atoms with Gasteiger partial charge in [0.1, 0.15) is 0 Å². The van der Waals surface area contributed by atoms with Crippen LogP contribution < -0.4 is 10.6 Å². The third-order valence-electron chi connectivity index (χ3n) is 15.7. The van der Waals surface area contributed by atoms with Crippen LogP contribution in [-0.2, 0) is 0 Å². The predicted octanol–water partition coefficient (Wildman–Crippen LogP) is 20.0. The molecule has 72 heavy (non-hydrogen) atoms. The van der Waals surface area contributed by atoms with Gasteiger partial charge in [0.15, 0.2) is 0 Å². The third-order valence-corrected chi connectivity index (χ3v) is 74.6. The number of benzene rings is 2. The topological polar surface area (TPSA) is 0 Å². The summed E-state index contributed by atoms with van der Waals surface area (Å²) in [6.07, 6.45) is 4.08. The molecule has 2 aromatic carbocycles. The van der Waals surface area contributed by atoms with Crippen LogP contribution in [0.15, 0.2) is 24.3 Å². The van der Waals surface area contributed by atoms with Crippen molar-refractivity contribution < 1.29 is 0 Å². The van der Waals surface area contributed by atoms with Gasteiger partial charge in [-0.15, -0.1) is 0 Å². The van der Waals surface area contributed by atoms with E-state index in [0.29, 0.717) is 0 Å². The smallest absolute Gasteiger partial charge is 0.0493 e. The van der Waals surface area contributed by atoms with Crippen LogP contribution in [0.2, 0.25) is 236 Å². The SMILES string of the molecule is C[Si](C)(C)C(c1cc(C([Si](C)(C)C)[Si](C)(C)C)c(PCCCPc2c(C([Si](C)(C)C)[Si](C)(C)C)cc(C([Si](C)(C)C)[Si](C)(C)C)cc2C([Si](C)(C)C)[Si](C)(C)C)c(C([Si](C)(C)C)[Si](C)(C)C)c1)[Si](C)(C)C.[Ge]. The van der Waals surface area contributed by atoms with Crippen molar-refractivity contribution in [2.45, 2.75) is 273 Å². The normalized spacial score (nSPS) is 15.4. The van der Waals surface area contributed by atoms with Crippen LogP contribution in [0.5, 0.6) is 0 Å². The van der Waals surface area contributed by atoms with E-state index < -0.39 is 96.9 Å². The van der Waals surface area contributed by atoms with E-state index in [4.69, 9.17) is 0 Å². The summed E-state index contributed by atoms with van der Waals surface area (Å²) in [4.78, 5) is 0. The number of rotatable bonds is 24. The zero-order valence-electron chi connectivity index (χ0n) is 55.4. The monoisotopic (exact) mass is 1280 g/mol. The quantitative estimate of drug-likeness (QED) is 0.0558. The summed E-state index contributed by atoms with van der Waals surface area (Å²) in [5, 5.41) is 8.42. The van der Waals surface area contributed by atoms with Gasteiger partial charge in [-0.25, -0.2) is 0 Å². The van der Waals surface area contributed by atoms with Gasteiger partial charge in [-0.1, -0.05) is 277 Å². The molecule has 2 unspecified atom stereocenters. The maximum absolute atomic E-state index is 2.97. The second kappa shape index (κ2) is 24.5. The second-order valence-corrected chi connectivity index (χ2v) is 106. The summed E-state index contributed by atoms with van der Waals surface area (Å²) in [5.41, 5.74) is 11.1. The van der Waals surface area contributed by atoms with Crippen LogP contribution >= 0.6 is 17.2 Å². The molecule has 0 N–H and O–H groups in total. The summed E-state index contributed by atoms with van der Waals surface area (Å²) in [5.74, 6) is 0. The third kappa shape index (κ3) is 19.3. The van der Waals surface area contributed by atoms with Crippen molar-refractivity contribution in [2.24, 2.45) is 0 Å². The van der Waals surface area contributed by atoms with Gasteiger partial charge in [-0.05, 0) is 93.7 Å². The van der Waals surface area contributed by atoms with Gasteiger partial charge in [0.05, 0.1) is 0 Å². The minimum atomic E-state index is -1.59. The predicted molar refractivity (Wildman–Crippen MR) is 385 cm³/mol. The van der Waals surface area contributed by atoms with Gasteiger partial charge in [-0.3, -0.25) is 0 Å². The van der Waals surface area contributed by atoms with Crippen LogP contribution in [0.3, 0.4) is 0 Å². The Bertz CT molecular complexity index is 1750. The van der Waals surface area contributed by atoms with E-state index in [1.54, 1.807) is 11.1 Å². The molecule has 4 radical (unpaired) electrons. The first-order chi connectivity index (χ1) is 30.9. The minimum Gasteiger partial charge on any atom is -0.0898 e. The van der Waals surface area contributed by atoms with Gasteiger partial charge in [0.2, 0.25) is 0 Å². The largest absolute Gasteiger partial charge is 0.0898 e. The Morgan fingerprint density at radius 1 is 0.250 bits per heavy atom. The molecule has 0 fully saturated rings. The molecule has 0 amide bonds. The Morgan fingerprint density at radius 3 is 0.514 bits per heavy atom. The van der Waals surface area contributed by atoms with Crippen molar-refractivity contribution in [2.75, 3.05) is 12.3 Å². The van der Waals surface area contributed by atoms with E-state index in [0.717, 1.165) is 48.1 Å². The molecule has 0 aliphatic rings. The molecule has 416 valence electrons. The molecular formula is C57H126GeP2Si12. The van der Waals surface area contributed by atoms with Crippen molar-refractivity contribution in [3.8, 4) is 0 Å². The summed E-state index contributed by atoms with van der Waals surface area (Å²) in [7, 11) is -17.0. The average molecular weight is 1280 g/mol. The van der Waals surface area contributed by atoms with E-state index in [9.17, 15) is 0 Å². The van der Waals surface area contributed by atoms with Crippen LogP contribution in [0.25, 0.3) is 0 Å². The molecule has 2 aromatic rings. The summed E-state index contributed by atoms with van der Waals surface area (Å²) >= 11 is 0. The van der Waals surface area contributed by atoms with E-state index in [-0.39, 0.29) is 17.6 Å². The van der Waals surface area contributed by atoms with Crippen LogP contribution in [0.4, 0.5) is 0 Å². The Hall–Kier alpha value is 2.45. The van der Waals surface area contributed by atoms with Gasteiger partial charge in [0, 0.05) is 114 Å². The molecule has 0 nitrogen and oxygen atoms in total. The Balaban J connectivity index is 0.0000259. The van der Waals surface area contributed by atoms with E-state index in [2.05, 4.69) is 260 Å². The Kier molecular flexibility index (Phi) is 24.7. The summed E-state index contributed by atoms with van der Waals surface area (Å²) in [6.45, 7) is 98.5. The van der Waals surface area contributed by atoms with Crippen molar-refractivity contribution in [1.29, 1.82) is 0 Å². The molecule has 2 atom stereocenters. The zero-order valence-corrected chi connectivity index (χ0v) is 71.5. The van der Waals surface area contributed by atoms with E-state index >= 15 is 0 Å². The van der Waals surface area contributed by atoms with Gasteiger partial charge < -0.3 is 0 Å². The molecule has 2 rings (SSSR count). The molecular weight excluding hydrogens is 1160 g/mol. The minimum absolute atomic E-state index is 0. The molecule has 0 aromatic heterocycles. The molecule has 0 aliphatic carbocycles.